The van der Waals surface area contributed by atoms with Crippen LogP contribution in [0, 0.1) is 11.8 Å². The highest BCUT2D eigenvalue weighted by atomic mass is 32.2. The highest BCUT2D eigenvalue weighted by Gasteiger charge is 2.40. The average molecular weight is 359 g/mol. The van der Waals surface area contributed by atoms with Gasteiger partial charge in [0.15, 0.2) is 6.61 Å². The number of nitrogens with one attached hydrogen (secondary N) is 1. The van der Waals surface area contributed by atoms with Gasteiger partial charge in [0.25, 0.3) is 11.1 Å². The maximum atomic E-state index is 12.1. The highest BCUT2D eigenvalue weighted by Crippen LogP contribution is 2.44. The molecule has 0 aliphatic heterocycles. The average Bonchev–Trinajstić information content (AvgIpc) is 3.36. The molecule has 1 N–H and O–H groups in total. The maximum absolute atomic E-state index is 12.1. The molecule has 1 heterocycles. The van der Waals surface area contributed by atoms with Gasteiger partial charge in [-0.3, -0.25) is 4.79 Å². The molecule has 0 radical (unpaired) electrons. The Kier molecular flexibility index (Phi) is 4.92. The lowest BCUT2D eigenvalue weighted by Gasteiger charge is -2.22. The lowest BCUT2D eigenvalue weighted by Crippen LogP contribution is -2.39. The fourth-order valence-corrected chi connectivity index (χ4v) is 4.41. The van der Waals surface area contributed by atoms with E-state index in [1.54, 1.807) is 0 Å². The van der Waals surface area contributed by atoms with Crippen molar-refractivity contribution in [2.45, 2.75) is 43.6 Å². The third-order valence-corrected chi connectivity index (χ3v) is 5.78. The lowest BCUT2D eigenvalue weighted by molar-refractivity contribution is -0.119. The van der Waals surface area contributed by atoms with E-state index in [0.29, 0.717) is 28.8 Å². The smallest absolute Gasteiger partial charge is 0.277 e. The van der Waals surface area contributed by atoms with Gasteiger partial charge in [0.1, 0.15) is 5.75 Å². The summed E-state index contributed by atoms with van der Waals surface area (Å²) in [5.74, 6) is 3.01. The summed E-state index contributed by atoms with van der Waals surface area (Å²) in [7, 11) is 0. The first kappa shape index (κ1) is 16.4. The summed E-state index contributed by atoms with van der Waals surface area (Å²) in [4.78, 5) is 12.1. The third-order valence-electron chi connectivity index (χ3n) is 4.97. The summed E-state index contributed by atoms with van der Waals surface area (Å²) in [6, 6.07) is 9.83. The van der Waals surface area contributed by atoms with Crippen LogP contribution in [0.3, 0.4) is 0 Å². The van der Waals surface area contributed by atoms with Gasteiger partial charge in [-0.2, -0.15) is 0 Å². The van der Waals surface area contributed by atoms with Crippen LogP contribution >= 0.6 is 11.8 Å². The lowest BCUT2D eigenvalue weighted by atomic mass is 9.95. The third kappa shape index (κ3) is 4.15. The number of para-hydroxylation sites is 1. The summed E-state index contributed by atoms with van der Waals surface area (Å²) in [5, 5.41) is 11.5. The second-order valence-electron chi connectivity index (χ2n) is 6.70. The Hall–Kier alpha value is -2.02. The van der Waals surface area contributed by atoms with Gasteiger partial charge >= 0.3 is 0 Å². The number of carbonyl (C=O) groups is 1. The number of rotatable bonds is 7. The topological polar surface area (TPSA) is 77.2 Å². The number of thioether (sulfide) groups is 1. The van der Waals surface area contributed by atoms with Gasteiger partial charge in [-0.25, -0.2) is 0 Å². The second kappa shape index (κ2) is 7.47. The van der Waals surface area contributed by atoms with Crippen LogP contribution < -0.4 is 10.1 Å². The van der Waals surface area contributed by atoms with Crippen molar-refractivity contribution in [2.24, 2.45) is 11.8 Å². The Bertz CT molecular complexity index is 721. The molecule has 4 rings (SSSR count). The van der Waals surface area contributed by atoms with E-state index < -0.39 is 0 Å². The molecule has 6 nitrogen and oxygen atoms in total. The normalized spacial score (nSPS) is 24.4. The van der Waals surface area contributed by atoms with E-state index >= 15 is 0 Å². The van der Waals surface area contributed by atoms with Crippen molar-refractivity contribution in [2.75, 3.05) is 5.75 Å². The SMILES string of the molecule is O=C(CSc1nnc(COc2ccccc2)o1)N[C@H]1C[C@H]2CC[C@@H]1C2. The molecule has 2 aliphatic rings. The molecule has 0 unspecified atom stereocenters. The Labute approximate surface area is 150 Å². The molecule has 7 heteroatoms. The molecular weight excluding hydrogens is 338 g/mol. The van der Waals surface area contributed by atoms with Gasteiger partial charge in [0.2, 0.25) is 5.91 Å². The van der Waals surface area contributed by atoms with Crippen molar-refractivity contribution in [1.82, 2.24) is 15.5 Å². The molecule has 2 saturated carbocycles. The molecular formula is C18H21N3O3S. The summed E-state index contributed by atoms with van der Waals surface area (Å²) in [5.41, 5.74) is 0. The van der Waals surface area contributed by atoms with E-state index in [9.17, 15) is 4.79 Å². The van der Waals surface area contributed by atoms with Crippen LogP contribution in [0.15, 0.2) is 40.0 Å². The van der Waals surface area contributed by atoms with Crippen LogP contribution in [0.1, 0.15) is 31.6 Å². The molecule has 2 bridgehead atoms. The van der Waals surface area contributed by atoms with Gasteiger partial charge in [-0.1, -0.05) is 36.4 Å². The summed E-state index contributed by atoms with van der Waals surface area (Å²) < 4.78 is 11.1. The predicted octanol–water partition coefficient (Wildman–Crippen LogP) is 3.05. The van der Waals surface area contributed by atoms with E-state index in [2.05, 4.69) is 15.5 Å². The van der Waals surface area contributed by atoms with Crippen LogP contribution in [0.4, 0.5) is 0 Å². The largest absolute Gasteiger partial charge is 0.484 e. The molecule has 0 spiro atoms. The first-order valence-electron chi connectivity index (χ1n) is 8.68. The number of aromatic nitrogens is 2. The predicted molar refractivity (Wildman–Crippen MR) is 93.2 cm³/mol. The second-order valence-corrected chi connectivity index (χ2v) is 7.63. The van der Waals surface area contributed by atoms with Gasteiger partial charge < -0.3 is 14.5 Å². The van der Waals surface area contributed by atoms with Crippen LogP contribution in [-0.4, -0.2) is 27.9 Å². The Morgan fingerprint density at radius 3 is 2.88 bits per heavy atom. The summed E-state index contributed by atoms with van der Waals surface area (Å²) in [6.45, 7) is 0.217. The van der Waals surface area contributed by atoms with Gasteiger partial charge in [-0.15, -0.1) is 10.2 Å². The van der Waals surface area contributed by atoms with Gasteiger partial charge in [-0.05, 0) is 43.2 Å². The minimum absolute atomic E-state index is 0.0443. The Morgan fingerprint density at radius 2 is 2.12 bits per heavy atom. The number of carbonyl (C=O) groups excluding carboxylic acids is 1. The minimum Gasteiger partial charge on any atom is -0.484 e. The molecule has 3 atom stereocenters. The van der Waals surface area contributed by atoms with Crippen molar-refractivity contribution in [3.8, 4) is 5.75 Å². The van der Waals surface area contributed by atoms with Crippen LogP contribution in [0.2, 0.25) is 0 Å². The van der Waals surface area contributed by atoms with Crippen molar-refractivity contribution >= 4 is 17.7 Å². The zero-order valence-corrected chi connectivity index (χ0v) is 14.7. The summed E-state index contributed by atoms with van der Waals surface area (Å²) >= 11 is 1.27. The number of fused-ring (bicyclic) bond motifs is 2. The quantitative estimate of drug-likeness (QED) is 0.766. The fraction of sp³-hybridized carbons (Fsp3) is 0.500. The molecule has 1 amide bonds. The molecule has 1 aromatic heterocycles. The number of benzene rings is 1. The zero-order chi connectivity index (χ0) is 17.1. The Morgan fingerprint density at radius 1 is 1.24 bits per heavy atom. The van der Waals surface area contributed by atoms with Crippen molar-refractivity contribution in [3.05, 3.63) is 36.2 Å². The summed E-state index contributed by atoms with van der Waals surface area (Å²) in [6.07, 6.45) is 5.02. The molecule has 2 aliphatic carbocycles. The van der Waals surface area contributed by atoms with Crippen molar-refractivity contribution in [3.63, 3.8) is 0 Å². The van der Waals surface area contributed by atoms with Gasteiger partial charge in [0.05, 0.1) is 5.75 Å². The zero-order valence-electron chi connectivity index (χ0n) is 13.9. The number of hydrogen-bond acceptors (Lipinski definition) is 6. The standard InChI is InChI=1S/C18H21N3O3S/c22-16(19-15-9-12-6-7-13(15)8-12)11-25-18-21-20-17(24-18)10-23-14-4-2-1-3-5-14/h1-5,12-13,15H,6-11H2,(H,19,22)/t12-,13+,15-/m0/s1. The Balaban J connectivity index is 1.21. The van der Waals surface area contributed by atoms with E-state index in [-0.39, 0.29) is 12.5 Å². The van der Waals surface area contributed by atoms with Crippen LogP contribution in [0.25, 0.3) is 0 Å². The number of nitrogens with zero attached hydrogens (tertiary/aromatic N) is 2. The highest BCUT2D eigenvalue weighted by molar-refractivity contribution is 7.99. The molecule has 25 heavy (non-hydrogen) atoms. The van der Waals surface area contributed by atoms with Crippen LogP contribution in [0.5, 0.6) is 5.75 Å². The fourth-order valence-electron chi connectivity index (χ4n) is 3.81. The van der Waals surface area contributed by atoms with E-state index in [4.69, 9.17) is 9.15 Å². The molecule has 2 fully saturated rings. The van der Waals surface area contributed by atoms with E-state index in [1.807, 2.05) is 30.3 Å². The number of amides is 1. The molecule has 1 aromatic carbocycles. The molecule has 0 saturated heterocycles. The van der Waals surface area contributed by atoms with E-state index in [1.165, 1.54) is 31.0 Å². The van der Waals surface area contributed by atoms with Gasteiger partial charge in [0, 0.05) is 6.04 Å². The molecule has 2 aromatic rings. The maximum Gasteiger partial charge on any atom is 0.277 e. The van der Waals surface area contributed by atoms with Crippen molar-refractivity contribution in [1.29, 1.82) is 0 Å². The number of hydrogen-bond donors (Lipinski definition) is 1. The number of ether oxygens (including phenoxy) is 1. The first-order valence-corrected chi connectivity index (χ1v) is 9.67. The minimum atomic E-state index is 0.0443. The van der Waals surface area contributed by atoms with Crippen LogP contribution in [-0.2, 0) is 11.4 Å². The monoisotopic (exact) mass is 359 g/mol. The van der Waals surface area contributed by atoms with Crippen molar-refractivity contribution < 1.29 is 13.9 Å². The molecule has 132 valence electrons. The van der Waals surface area contributed by atoms with E-state index in [0.717, 1.165) is 18.1 Å². The first-order chi connectivity index (χ1) is 12.3.